The summed E-state index contributed by atoms with van der Waals surface area (Å²) < 4.78 is 6.81. The smallest absolute Gasteiger partial charge is 0.259 e. The Kier molecular flexibility index (Phi) is 5.18. The maximum Gasteiger partial charge on any atom is 0.259 e. The van der Waals surface area contributed by atoms with Crippen LogP contribution in [0.5, 0.6) is 0 Å². The fourth-order valence-electron chi connectivity index (χ4n) is 3.36. The van der Waals surface area contributed by atoms with Gasteiger partial charge in [-0.2, -0.15) is 10.1 Å². The molecule has 30 heavy (non-hydrogen) atoms. The summed E-state index contributed by atoms with van der Waals surface area (Å²) in [4.78, 5) is 17.2. The fraction of sp³-hybridized carbons (Fsp3) is 0.217. The number of nitrogens with zero attached hydrogens (tertiary/aromatic N) is 4. The molecule has 1 amide bonds. The quantitative estimate of drug-likeness (QED) is 0.525. The van der Waals surface area contributed by atoms with Gasteiger partial charge in [0, 0.05) is 24.4 Å². The van der Waals surface area contributed by atoms with E-state index in [0.717, 1.165) is 34.5 Å². The van der Waals surface area contributed by atoms with Gasteiger partial charge in [-0.1, -0.05) is 42.4 Å². The third kappa shape index (κ3) is 3.74. The average Bonchev–Trinajstić information content (AvgIpc) is 3.34. The van der Waals surface area contributed by atoms with Crippen molar-refractivity contribution in [1.82, 2.24) is 19.9 Å². The monoisotopic (exact) mass is 401 g/mol. The minimum Gasteiger partial charge on any atom is -0.339 e. The number of para-hydroxylation sites is 1. The topological polar surface area (TPSA) is 85.8 Å². The number of aryl methyl sites for hydroxylation is 4. The van der Waals surface area contributed by atoms with Gasteiger partial charge in [-0.3, -0.25) is 4.79 Å². The third-order valence-corrected chi connectivity index (χ3v) is 5.03. The van der Waals surface area contributed by atoms with E-state index < -0.39 is 0 Å². The van der Waals surface area contributed by atoms with Crippen LogP contribution in [0.4, 0.5) is 5.69 Å². The molecule has 1 N–H and O–H groups in total. The van der Waals surface area contributed by atoms with E-state index >= 15 is 0 Å². The van der Waals surface area contributed by atoms with Gasteiger partial charge in [-0.05, 0) is 43.5 Å². The first-order valence-corrected chi connectivity index (χ1v) is 9.83. The lowest BCUT2D eigenvalue weighted by Crippen LogP contribution is -2.13. The van der Waals surface area contributed by atoms with Crippen molar-refractivity contribution in [2.24, 2.45) is 0 Å². The van der Waals surface area contributed by atoms with Crippen LogP contribution >= 0.6 is 0 Å². The number of amides is 1. The maximum atomic E-state index is 12.9. The molecule has 0 aliphatic rings. The molecule has 2 heterocycles. The van der Waals surface area contributed by atoms with Crippen molar-refractivity contribution in [3.05, 3.63) is 76.9 Å². The van der Waals surface area contributed by atoms with Crippen LogP contribution in [0.25, 0.3) is 17.1 Å². The second-order valence-electron chi connectivity index (χ2n) is 7.18. The van der Waals surface area contributed by atoms with Crippen LogP contribution in [0, 0.1) is 20.8 Å². The maximum absolute atomic E-state index is 12.9. The molecule has 0 saturated heterocycles. The van der Waals surface area contributed by atoms with Gasteiger partial charge in [0.05, 0.1) is 16.9 Å². The molecule has 0 fully saturated rings. The number of carbonyl (C=O) groups excluding carboxylic acids is 1. The molecule has 0 saturated carbocycles. The number of carbonyl (C=O) groups is 1. The van der Waals surface area contributed by atoms with Crippen molar-refractivity contribution in [3.63, 3.8) is 0 Å². The van der Waals surface area contributed by atoms with Crippen LogP contribution in [0.1, 0.15) is 40.0 Å². The molecule has 0 radical (unpaired) electrons. The lowest BCUT2D eigenvalue weighted by atomic mass is 10.1. The fourth-order valence-corrected chi connectivity index (χ4v) is 3.36. The van der Waals surface area contributed by atoms with Crippen molar-refractivity contribution in [3.8, 4) is 17.1 Å². The van der Waals surface area contributed by atoms with E-state index in [1.54, 1.807) is 17.8 Å². The molecule has 4 aromatic rings. The Morgan fingerprint density at radius 3 is 2.67 bits per heavy atom. The van der Waals surface area contributed by atoms with Crippen LogP contribution < -0.4 is 5.32 Å². The standard InChI is InChI=1S/C23H23N5O2/c1-5-17-8-6-7-9-20(17)25-23(29)19-13-28(26-15(19)3)21-12-18(11-10-14(21)2)22-24-16(4)30-27-22/h6-13H,5H2,1-4H3,(H,25,29). The van der Waals surface area contributed by atoms with Crippen molar-refractivity contribution in [2.75, 3.05) is 5.32 Å². The lowest BCUT2D eigenvalue weighted by Gasteiger charge is -2.09. The first-order chi connectivity index (χ1) is 14.5. The second kappa shape index (κ2) is 7.94. The Labute approximate surface area is 174 Å². The highest BCUT2D eigenvalue weighted by Crippen LogP contribution is 2.24. The van der Waals surface area contributed by atoms with E-state index in [-0.39, 0.29) is 5.91 Å². The summed E-state index contributed by atoms with van der Waals surface area (Å²) >= 11 is 0. The summed E-state index contributed by atoms with van der Waals surface area (Å²) in [5, 5.41) is 11.6. The van der Waals surface area contributed by atoms with E-state index in [9.17, 15) is 4.79 Å². The van der Waals surface area contributed by atoms with Crippen LogP contribution in [0.2, 0.25) is 0 Å². The van der Waals surface area contributed by atoms with Gasteiger partial charge >= 0.3 is 0 Å². The van der Waals surface area contributed by atoms with E-state index in [4.69, 9.17) is 4.52 Å². The summed E-state index contributed by atoms with van der Waals surface area (Å²) in [6.45, 7) is 7.65. The Bertz CT molecular complexity index is 1220. The number of benzene rings is 2. The highest BCUT2D eigenvalue weighted by atomic mass is 16.5. The van der Waals surface area contributed by atoms with Crippen molar-refractivity contribution < 1.29 is 9.32 Å². The van der Waals surface area contributed by atoms with Crippen LogP contribution in [-0.4, -0.2) is 25.8 Å². The zero-order valence-electron chi connectivity index (χ0n) is 17.4. The molecule has 152 valence electrons. The summed E-state index contributed by atoms with van der Waals surface area (Å²) in [5.74, 6) is 0.849. The molecular weight excluding hydrogens is 378 g/mol. The van der Waals surface area contributed by atoms with E-state index in [0.29, 0.717) is 23.0 Å². The Morgan fingerprint density at radius 2 is 1.93 bits per heavy atom. The van der Waals surface area contributed by atoms with Crippen molar-refractivity contribution >= 4 is 11.6 Å². The largest absolute Gasteiger partial charge is 0.339 e. The highest BCUT2D eigenvalue weighted by Gasteiger charge is 2.17. The Hall–Kier alpha value is -3.74. The molecule has 2 aromatic heterocycles. The molecule has 2 aromatic carbocycles. The zero-order valence-corrected chi connectivity index (χ0v) is 17.4. The number of anilines is 1. The number of nitrogens with one attached hydrogen (secondary N) is 1. The minimum absolute atomic E-state index is 0.178. The minimum atomic E-state index is -0.178. The summed E-state index contributed by atoms with van der Waals surface area (Å²) in [6.07, 6.45) is 2.60. The molecule has 7 nitrogen and oxygen atoms in total. The molecule has 0 spiro atoms. The van der Waals surface area contributed by atoms with Crippen molar-refractivity contribution in [1.29, 1.82) is 0 Å². The van der Waals surface area contributed by atoms with Crippen LogP contribution in [0.3, 0.4) is 0 Å². The van der Waals surface area contributed by atoms with E-state index in [1.165, 1.54) is 0 Å². The number of hydrogen-bond donors (Lipinski definition) is 1. The van der Waals surface area contributed by atoms with Gasteiger partial charge < -0.3 is 9.84 Å². The predicted octanol–water partition coefficient (Wildman–Crippen LogP) is 4.66. The molecule has 7 heteroatoms. The van der Waals surface area contributed by atoms with Crippen LogP contribution in [0.15, 0.2) is 53.2 Å². The SMILES string of the molecule is CCc1ccccc1NC(=O)c1cn(-c2cc(-c3noc(C)n3)ccc2C)nc1C. The molecule has 0 atom stereocenters. The van der Waals surface area contributed by atoms with Crippen LogP contribution in [-0.2, 0) is 6.42 Å². The normalized spacial score (nSPS) is 10.9. The Balaban J connectivity index is 1.66. The van der Waals surface area contributed by atoms with E-state index in [2.05, 4.69) is 27.5 Å². The number of aromatic nitrogens is 4. The average molecular weight is 401 g/mol. The van der Waals surface area contributed by atoms with Gasteiger partial charge in [-0.15, -0.1) is 0 Å². The lowest BCUT2D eigenvalue weighted by molar-refractivity contribution is 0.102. The molecular formula is C23H23N5O2. The second-order valence-corrected chi connectivity index (χ2v) is 7.18. The first-order valence-electron chi connectivity index (χ1n) is 9.83. The number of hydrogen-bond acceptors (Lipinski definition) is 5. The van der Waals surface area contributed by atoms with Gasteiger partial charge in [0.2, 0.25) is 11.7 Å². The Morgan fingerprint density at radius 1 is 1.13 bits per heavy atom. The molecule has 0 bridgehead atoms. The van der Waals surface area contributed by atoms with Gasteiger partial charge in [0.15, 0.2) is 0 Å². The zero-order chi connectivity index (χ0) is 21.3. The highest BCUT2D eigenvalue weighted by molar-refractivity contribution is 6.05. The van der Waals surface area contributed by atoms with E-state index in [1.807, 2.05) is 56.3 Å². The summed E-state index contributed by atoms with van der Waals surface area (Å²) in [7, 11) is 0. The third-order valence-electron chi connectivity index (χ3n) is 5.03. The summed E-state index contributed by atoms with van der Waals surface area (Å²) in [5.41, 5.74) is 5.79. The summed E-state index contributed by atoms with van der Waals surface area (Å²) in [6, 6.07) is 13.7. The molecule has 4 rings (SSSR count). The number of rotatable bonds is 5. The van der Waals surface area contributed by atoms with Gasteiger partial charge in [0.25, 0.3) is 5.91 Å². The van der Waals surface area contributed by atoms with Crippen molar-refractivity contribution in [2.45, 2.75) is 34.1 Å². The van der Waals surface area contributed by atoms with Gasteiger partial charge in [0.1, 0.15) is 0 Å². The molecule has 0 unspecified atom stereocenters. The first kappa shape index (κ1) is 19.6. The molecule has 0 aliphatic carbocycles. The molecule has 0 aliphatic heterocycles. The predicted molar refractivity (Wildman–Crippen MR) is 115 cm³/mol. The van der Waals surface area contributed by atoms with Gasteiger partial charge in [-0.25, -0.2) is 4.68 Å².